The molecule has 1 amide bonds. The summed E-state index contributed by atoms with van der Waals surface area (Å²) in [6.45, 7) is 3.59. The number of carbonyl (C=O) groups is 1. The number of amides is 1. The van der Waals surface area contributed by atoms with Gasteiger partial charge in [-0.3, -0.25) is 4.79 Å². The van der Waals surface area contributed by atoms with Crippen LogP contribution < -0.4 is 16.0 Å². The van der Waals surface area contributed by atoms with Crippen molar-refractivity contribution in [1.29, 1.82) is 0 Å². The molecule has 0 aliphatic carbocycles. The van der Waals surface area contributed by atoms with E-state index in [1.54, 1.807) is 30.4 Å². The molecule has 1 atom stereocenters. The number of allylic oxidation sites excluding steroid dienone is 1. The molecule has 6 rings (SSSR count). The van der Waals surface area contributed by atoms with Gasteiger partial charge in [0.1, 0.15) is 17.0 Å². The van der Waals surface area contributed by atoms with E-state index >= 15 is 0 Å². The van der Waals surface area contributed by atoms with Crippen molar-refractivity contribution < 1.29 is 19.6 Å². The Kier molecular flexibility index (Phi) is 7.72. The van der Waals surface area contributed by atoms with Crippen LogP contribution in [0.5, 0.6) is 0 Å². The van der Waals surface area contributed by atoms with E-state index in [1.807, 2.05) is 6.07 Å². The highest BCUT2D eigenvalue weighted by Gasteiger charge is 2.27. The number of hydrogen-bond acceptors (Lipinski definition) is 7. The molecule has 42 heavy (non-hydrogen) atoms. The summed E-state index contributed by atoms with van der Waals surface area (Å²) in [4.78, 5) is 29.0. The molecule has 0 spiro atoms. The maximum absolute atomic E-state index is 14.4. The quantitative estimate of drug-likeness (QED) is 0.294. The number of nitrogens with two attached hydrogens (primary N) is 1. The molecule has 2 aliphatic rings. The Hall–Kier alpha value is -4.19. The topological polar surface area (TPSA) is 125 Å². The van der Waals surface area contributed by atoms with E-state index in [4.69, 9.17) is 0 Å². The van der Waals surface area contributed by atoms with Gasteiger partial charge in [0.05, 0.1) is 18.4 Å². The van der Waals surface area contributed by atoms with Gasteiger partial charge in [-0.05, 0) is 83.1 Å². The Morgan fingerprint density at radius 3 is 2.83 bits per heavy atom. The number of hydrogen-bond donors (Lipinski definition) is 4. The molecule has 218 valence electrons. The van der Waals surface area contributed by atoms with E-state index in [9.17, 15) is 14.3 Å². The average molecular weight is 572 g/mol. The van der Waals surface area contributed by atoms with Gasteiger partial charge in [0.25, 0.3) is 5.91 Å². The van der Waals surface area contributed by atoms with E-state index in [-0.39, 0.29) is 18.5 Å². The van der Waals surface area contributed by atoms with Gasteiger partial charge in [0, 0.05) is 34.9 Å². The molecule has 1 saturated heterocycles. The van der Waals surface area contributed by atoms with Crippen LogP contribution in [0.4, 0.5) is 27.7 Å². The van der Waals surface area contributed by atoms with Gasteiger partial charge >= 0.3 is 0 Å². The van der Waals surface area contributed by atoms with Crippen LogP contribution in [0, 0.1) is 0 Å². The number of rotatable bonds is 3. The lowest BCUT2D eigenvalue weighted by Crippen LogP contribution is -2.73. The van der Waals surface area contributed by atoms with E-state index < -0.39 is 17.3 Å². The summed E-state index contributed by atoms with van der Waals surface area (Å²) in [6, 6.07) is 14.1. The highest BCUT2D eigenvalue weighted by Crippen LogP contribution is 2.30. The molecule has 4 aromatic rings. The van der Waals surface area contributed by atoms with Crippen LogP contribution in [-0.2, 0) is 5.60 Å². The molecule has 0 saturated carbocycles. The number of piperidine rings is 1. The predicted molar refractivity (Wildman–Crippen MR) is 159 cm³/mol. The van der Waals surface area contributed by atoms with E-state index in [1.165, 1.54) is 17.8 Å². The summed E-state index contributed by atoms with van der Waals surface area (Å²) in [5.74, 6) is 0.185. The first kappa shape index (κ1) is 28.0. The van der Waals surface area contributed by atoms with Gasteiger partial charge in [-0.1, -0.05) is 12.1 Å². The maximum atomic E-state index is 14.4. The molecule has 3 aromatic heterocycles. The molecule has 1 unspecified atom stereocenters. The summed E-state index contributed by atoms with van der Waals surface area (Å²) in [7, 11) is 2.17. The molecule has 2 bridgehead atoms. The zero-order valence-electron chi connectivity index (χ0n) is 23.8. The van der Waals surface area contributed by atoms with Crippen molar-refractivity contribution in [2.45, 2.75) is 44.2 Å². The number of likely N-dealkylation sites (tertiary alicyclic amines) is 1. The molecule has 1 aromatic carbocycles. The van der Waals surface area contributed by atoms with Gasteiger partial charge in [0.2, 0.25) is 17.6 Å². The summed E-state index contributed by atoms with van der Waals surface area (Å²) in [6.07, 6.45) is 7.81. The Labute approximate surface area is 243 Å². The number of nitrogens with one attached hydrogen (secondary N) is 2. The van der Waals surface area contributed by atoms with Crippen LogP contribution in [0.15, 0.2) is 66.8 Å². The zero-order valence-corrected chi connectivity index (χ0v) is 23.8. The van der Waals surface area contributed by atoms with E-state index in [2.05, 4.69) is 66.5 Å². The fraction of sp³-hybridized carbons (Fsp3) is 0.355. The summed E-state index contributed by atoms with van der Waals surface area (Å²) >= 11 is 0. The lowest BCUT2D eigenvalue weighted by Gasteiger charge is -2.30. The third kappa shape index (κ3) is 6.03. The van der Waals surface area contributed by atoms with Crippen LogP contribution in [0.1, 0.15) is 54.7 Å². The Balaban J connectivity index is 1.29. The fourth-order valence-electron chi connectivity index (χ4n) is 5.64. The molecule has 5 N–H and O–H groups in total. The fourth-order valence-corrected chi connectivity index (χ4v) is 5.64. The largest absolute Gasteiger partial charge is 0.384 e. The number of aliphatic hydroxyl groups is 1. The molecule has 10 nitrogen and oxygen atoms in total. The van der Waals surface area contributed by atoms with Gasteiger partial charge in [0.15, 0.2) is 0 Å². The monoisotopic (exact) mass is 571 g/mol. The van der Waals surface area contributed by atoms with Crippen LogP contribution >= 0.6 is 0 Å². The lowest BCUT2D eigenvalue weighted by atomic mass is 9.95. The minimum absolute atomic E-state index is 0.190. The zero-order chi connectivity index (χ0) is 29.3. The van der Waals surface area contributed by atoms with Crippen molar-refractivity contribution in [2.75, 3.05) is 32.0 Å². The van der Waals surface area contributed by atoms with Crippen LogP contribution in [-0.4, -0.2) is 62.1 Å². The summed E-state index contributed by atoms with van der Waals surface area (Å²) in [5.41, 5.74) is 1.40. The second kappa shape index (κ2) is 11.6. The first-order chi connectivity index (χ1) is 20.2. The number of quaternary nitrogens is 1. The molecule has 11 heteroatoms. The minimum Gasteiger partial charge on any atom is -0.384 e. The van der Waals surface area contributed by atoms with Crippen molar-refractivity contribution in [3.8, 4) is 0 Å². The maximum Gasteiger partial charge on any atom is 0.261 e. The van der Waals surface area contributed by atoms with Crippen molar-refractivity contribution in [1.82, 2.24) is 29.7 Å². The summed E-state index contributed by atoms with van der Waals surface area (Å²) < 4.78 is 16.8. The number of aromatic nitrogens is 4. The van der Waals surface area contributed by atoms with Gasteiger partial charge in [-0.2, -0.15) is 9.97 Å². The molecular weight excluding hydrogens is 535 g/mol. The molecular formula is C31H36FN8O2+. The van der Waals surface area contributed by atoms with Gasteiger partial charge in [-0.25, -0.2) is 14.7 Å². The van der Waals surface area contributed by atoms with Crippen LogP contribution in [0.25, 0.3) is 10.9 Å². The molecule has 2 aliphatic heterocycles. The molecule has 0 radical (unpaired) electrons. The van der Waals surface area contributed by atoms with Gasteiger partial charge < -0.3 is 25.2 Å². The standard InChI is InChI=1S/C31H35FN8O2/c1-31(42)13-4-5-21(32)18-33-29(41)24-19-34-30(38-28(24)37-27-7-3-6-26(31)36-27)35-22-8-9-25-20(17-22)10-16-40(25)23-11-14-39(2)15-12-23/h3,5-10,16-17,19,23,42H,4,11-15,18H2,1-2H3,(H,33,41)(H2,34,35,36,37,38)/p+1. The number of anilines is 2. The van der Waals surface area contributed by atoms with Crippen LogP contribution in [0.3, 0.4) is 0 Å². The normalized spacial score (nSPS) is 20.9. The SMILES string of the molecule is CN1CCC(n2ccc3cc(Nc4ncc5c(n4)[NH2+]c4cccc(n4)C(C)(O)CCC=C(F)CNC5=O)ccc32)CC1. The Bertz CT molecular complexity index is 1640. The number of pyridine rings is 1. The Morgan fingerprint density at radius 2 is 2.00 bits per heavy atom. The number of benzene rings is 1. The summed E-state index contributed by atoms with van der Waals surface area (Å²) in [5, 5.41) is 19.7. The Morgan fingerprint density at radius 1 is 1.17 bits per heavy atom. The van der Waals surface area contributed by atoms with E-state index in [0.29, 0.717) is 35.7 Å². The number of nitrogens with zero attached hydrogens (tertiary/aromatic N) is 5. The van der Waals surface area contributed by atoms with Crippen molar-refractivity contribution in [2.24, 2.45) is 0 Å². The second-order valence-electron chi connectivity index (χ2n) is 11.4. The lowest BCUT2D eigenvalue weighted by molar-refractivity contribution is -0.487. The number of halogens is 1. The second-order valence-corrected chi connectivity index (χ2v) is 11.4. The highest BCUT2D eigenvalue weighted by molar-refractivity contribution is 5.97. The first-order valence-electron chi connectivity index (χ1n) is 14.4. The predicted octanol–water partition coefficient (Wildman–Crippen LogP) is 3.95. The number of carbonyl (C=O) groups excluding carboxylic acids is 1. The minimum atomic E-state index is -1.25. The smallest absolute Gasteiger partial charge is 0.261 e. The average Bonchev–Trinajstić information content (AvgIpc) is 3.39. The third-order valence-corrected chi connectivity index (χ3v) is 8.14. The third-order valence-electron chi connectivity index (χ3n) is 8.14. The first-order valence-corrected chi connectivity index (χ1v) is 14.4. The van der Waals surface area contributed by atoms with E-state index in [0.717, 1.165) is 37.0 Å². The van der Waals surface area contributed by atoms with Crippen molar-refractivity contribution in [3.63, 3.8) is 0 Å². The van der Waals surface area contributed by atoms with Crippen molar-refractivity contribution >= 4 is 40.1 Å². The van der Waals surface area contributed by atoms with Gasteiger partial charge in [-0.15, -0.1) is 0 Å². The molecule has 5 heterocycles. The highest BCUT2D eigenvalue weighted by atomic mass is 19.1. The molecule has 1 fully saturated rings. The van der Waals surface area contributed by atoms with Crippen LogP contribution in [0.2, 0.25) is 0 Å². The number of fused-ring (bicyclic) bond motifs is 4. The van der Waals surface area contributed by atoms with Crippen molar-refractivity contribution in [3.05, 3.63) is 78.0 Å².